The molecule has 0 bridgehead atoms. The molecule has 0 saturated carbocycles. The molecule has 39 heavy (non-hydrogen) atoms. The monoisotopic (exact) mass is 567 g/mol. The summed E-state index contributed by atoms with van der Waals surface area (Å²) < 4.78 is 47.9. The summed E-state index contributed by atoms with van der Waals surface area (Å²) in [7, 11) is -2.18. The molecule has 0 spiro atoms. The maximum absolute atomic E-state index is 13.7. The zero-order chi connectivity index (χ0) is 27.7. The summed E-state index contributed by atoms with van der Waals surface area (Å²) >= 11 is 6.57. The number of sulfonamides is 1. The first-order chi connectivity index (χ1) is 18.7. The zero-order valence-electron chi connectivity index (χ0n) is 21.5. The molecule has 4 aromatic rings. The molecular formula is C29H27ClFN3O4S. The average molecular weight is 568 g/mol. The zero-order valence-corrected chi connectivity index (χ0v) is 23.0. The predicted octanol–water partition coefficient (Wildman–Crippen LogP) is 5.40. The smallest absolute Gasteiger partial charge is 0.255 e. The number of rotatable bonds is 6. The minimum Gasteiger partial charge on any atom is -0.497 e. The van der Waals surface area contributed by atoms with Crippen LogP contribution in [-0.4, -0.2) is 61.4 Å². The van der Waals surface area contributed by atoms with Crippen LogP contribution in [0.3, 0.4) is 0 Å². The van der Waals surface area contributed by atoms with Crippen LogP contribution in [-0.2, 0) is 10.0 Å². The fourth-order valence-corrected chi connectivity index (χ4v) is 6.44. The van der Waals surface area contributed by atoms with Crippen LogP contribution in [0, 0.1) is 12.7 Å². The lowest BCUT2D eigenvalue weighted by atomic mass is 10.1. The molecule has 3 aromatic carbocycles. The molecule has 0 N–H and O–H groups in total. The summed E-state index contributed by atoms with van der Waals surface area (Å²) in [5.41, 5.74) is 3.66. The molecule has 202 valence electrons. The van der Waals surface area contributed by atoms with Gasteiger partial charge in [-0.3, -0.25) is 4.79 Å². The highest BCUT2D eigenvalue weighted by atomic mass is 35.5. The minimum atomic E-state index is -3.79. The molecule has 7 nitrogen and oxygen atoms in total. The Morgan fingerprint density at radius 1 is 0.923 bits per heavy atom. The van der Waals surface area contributed by atoms with E-state index in [2.05, 4.69) is 0 Å². The van der Waals surface area contributed by atoms with Crippen LogP contribution in [0.5, 0.6) is 5.75 Å². The number of nitrogens with zero attached hydrogens (tertiary/aromatic N) is 3. The summed E-state index contributed by atoms with van der Waals surface area (Å²) in [4.78, 5) is 15.4. The average Bonchev–Trinajstić information content (AvgIpc) is 3.29. The van der Waals surface area contributed by atoms with Crippen LogP contribution < -0.4 is 4.74 Å². The third-order valence-electron chi connectivity index (χ3n) is 6.93. The van der Waals surface area contributed by atoms with Crippen LogP contribution in [0.2, 0.25) is 5.02 Å². The van der Waals surface area contributed by atoms with Crippen molar-refractivity contribution in [3.8, 4) is 22.7 Å². The summed E-state index contributed by atoms with van der Waals surface area (Å²) in [5, 5.41) is 0.546. The van der Waals surface area contributed by atoms with Gasteiger partial charge in [-0.2, -0.15) is 4.31 Å². The first-order valence-corrected chi connectivity index (χ1v) is 14.2. The SMILES string of the molecule is COc1ccc(-c2cc(C(=O)N3CCN(S(=O)(=O)c4ccc(F)cc4)CC3)c(C)n2-c2ccccc2Cl)cc1. The quantitative estimate of drug-likeness (QED) is 0.313. The lowest BCUT2D eigenvalue weighted by molar-refractivity contribution is 0.0697. The molecule has 1 saturated heterocycles. The number of para-hydroxylation sites is 1. The van der Waals surface area contributed by atoms with Crippen LogP contribution in [0.15, 0.2) is 83.8 Å². The second kappa shape index (κ2) is 10.8. The van der Waals surface area contributed by atoms with Crippen LogP contribution in [0.4, 0.5) is 4.39 Å². The van der Waals surface area contributed by atoms with Crippen molar-refractivity contribution in [3.63, 3.8) is 0 Å². The van der Waals surface area contributed by atoms with Crippen molar-refractivity contribution >= 4 is 27.5 Å². The van der Waals surface area contributed by atoms with Crippen molar-refractivity contribution < 1.29 is 22.3 Å². The van der Waals surface area contributed by atoms with Gasteiger partial charge in [0.15, 0.2) is 0 Å². The van der Waals surface area contributed by atoms with Gasteiger partial charge in [0.05, 0.1) is 34.0 Å². The molecule has 0 radical (unpaired) electrons. The second-order valence-corrected chi connectivity index (χ2v) is 11.5. The van der Waals surface area contributed by atoms with Gasteiger partial charge in [0, 0.05) is 31.9 Å². The van der Waals surface area contributed by atoms with E-state index in [1.54, 1.807) is 18.1 Å². The Morgan fingerprint density at radius 3 is 2.18 bits per heavy atom. The number of methoxy groups -OCH3 is 1. The molecule has 1 aliphatic rings. The van der Waals surface area contributed by atoms with Crippen LogP contribution in [0.25, 0.3) is 16.9 Å². The largest absolute Gasteiger partial charge is 0.497 e. The standard InChI is InChI=1S/C29H27ClFN3O4S/c1-20-25(29(35)32-15-17-33(18-16-32)39(36,37)24-13-9-22(31)10-14-24)19-28(21-7-11-23(38-2)12-8-21)34(20)27-6-4-3-5-26(27)30/h3-14,19H,15-18H2,1-2H3. The minimum absolute atomic E-state index is 0.0282. The van der Waals surface area contributed by atoms with Crippen LogP contribution >= 0.6 is 11.6 Å². The molecule has 2 heterocycles. The number of carbonyl (C=O) groups is 1. The van der Waals surface area contributed by atoms with Crippen molar-refractivity contribution in [2.75, 3.05) is 33.3 Å². The molecular weight excluding hydrogens is 541 g/mol. The highest BCUT2D eigenvalue weighted by molar-refractivity contribution is 7.89. The van der Waals surface area contributed by atoms with E-state index in [0.717, 1.165) is 40.5 Å². The number of benzene rings is 3. The highest BCUT2D eigenvalue weighted by Crippen LogP contribution is 2.34. The molecule has 1 aromatic heterocycles. The van der Waals surface area contributed by atoms with Gasteiger partial charge >= 0.3 is 0 Å². The lowest BCUT2D eigenvalue weighted by Gasteiger charge is -2.34. The van der Waals surface area contributed by atoms with E-state index in [1.165, 1.54) is 16.4 Å². The number of piperazine rings is 1. The molecule has 0 unspecified atom stereocenters. The maximum Gasteiger partial charge on any atom is 0.255 e. The fraction of sp³-hybridized carbons (Fsp3) is 0.207. The van der Waals surface area contributed by atoms with Crippen LogP contribution in [0.1, 0.15) is 16.1 Å². The number of carbonyl (C=O) groups excluding carboxylic acids is 1. The topological polar surface area (TPSA) is 71.8 Å². The van der Waals surface area contributed by atoms with E-state index in [-0.39, 0.29) is 37.0 Å². The first kappa shape index (κ1) is 26.9. The molecule has 1 fully saturated rings. The summed E-state index contributed by atoms with van der Waals surface area (Å²) in [6, 6.07) is 21.6. The number of amides is 1. The second-order valence-electron chi connectivity index (χ2n) is 9.19. The van der Waals surface area contributed by atoms with Crippen molar-refractivity contribution in [2.45, 2.75) is 11.8 Å². The van der Waals surface area contributed by atoms with Gasteiger partial charge in [-0.1, -0.05) is 23.7 Å². The third-order valence-corrected chi connectivity index (χ3v) is 9.17. The predicted molar refractivity (Wildman–Crippen MR) is 149 cm³/mol. The van der Waals surface area contributed by atoms with Gasteiger partial charge in [0.25, 0.3) is 5.91 Å². The van der Waals surface area contributed by atoms with Gasteiger partial charge in [0.1, 0.15) is 11.6 Å². The summed E-state index contributed by atoms with van der Waals surface area (Å²) in [6.45, 7) is 2.61. The fourth-order valence-electron chi connectivity index (χ4n) is 4.80. The number of aromatic nitrogens is 1. The van der Waals surface area contributed by atoms with E-state index in [0.29, 0.717) is 10.6 Å². The summed E-state index contributed by atoms with van der Waals surface area (Å²) in [6.07, 6.45) is 0. The van der Waals surface area contributed by atoms with Crippen molar-refractivity contribution in [3.05, 3.63) is 101 Å². The first-order valence-electron chi connectivity index (χ1n) is 12.4. The Balaban J connectivity index is 1.44. The Labute approximate surface area is 232 Å². The molecule has 0 atom stereocenters. The van der Waals surface area contributed by atoms with E-state index < -0.39 is 15.8 Å². The Hall–Kier alpha value is -3.66. The van der Waals surface area contributed by atoms with Gasteiger partial charge in [-0.05, 0) is 79.2 Å². The van der Waals surface area contributed by atoms with Crippen molar-refractivity contribution in [1.29, 1.82) is 0 Å². The lowest BCUT2D eigenvalue weighted by Crippen LogP contribution is -2.50. The third kappa shape index (κ3) is 5.17. The number of hydrogen-bond donors (Lipinski definition) is 0. The molecule has 5 rings (SSSR count). The van der Waals surface area contributed by atoms with Gasteiger partial charge in [-0.25, -0.2) is 12.8 Å². The van der Waals surface area contributed by atoms with Crippen molar-refractivity contribution in [1.82, 2.24) is 13.8 Å². The van der Waals surface area contributed by atoms with E-state index in [9.17, 15) is 17.6 Å². The normalized spacial score (nSPS) is 14.4. The van der Waals surface area contributed by atoms with Gasteiger partial charge in [-0.15, -0.1) is 0 Å². The Kier molecular flexibility index (Phi) is 7.48. The Bertz CT molecular complexity index is 1610. The van der Waals surface area contributed by atoms with Crippen molar-refractivity contribution in [2.24, 2.45) is 0 Å². The maximum atomic E-state index is 13.7. The molecule has 1 aliphatic heterocycles. The number of hydrogen-bond acceptors (Lipinski definition) is 4. The van der Waals surface area contributed by atoms with E-state index in [4.69, 9.17) is 16.3 Å². The Morgan fingerprint density at radius 2 is 1.56 bits per heavy atom. The number of halogens is 2. The molecule has 1 amide bonds. The molecule has 0 aliphatic carbocycles. The van der Waals surface area contributed by atoms with E-state index >= 15 is 0 Å². The van der Waals surface area contributed by atoms with E-state index in [1.807, 2.05) is 60.0 Å². The molecule has 10 heteroatoms. The van der Waals surface area contributed by atoms with Gasteiger partial charge < -0.3 is 14.2 Å². The van der Waals surface area contributed by atoms with Gasteiger partial charge in [0.2, 0.25) is 10.0 Å². The highest BCUT2D eigenvalue weighted by Gasteiger charge is 2.32. The summed E-state index contributed by atoms with van der Waals surface area (Å²) in [5.74, 6) is 0.0282. The number of ether oxygens (including phenoxy) is 1.